The fourth-order valence-corrected chi connectivity index (χ4v) is 7.46. The molecule has 0 aromatic heterocycles. The number of benzene rings is 1. The number of methoxy groups -OCH3 is 1. The summed E-state index contributed by atoms with van der Waals surface area (Å²) in [4.78, 5) is 19.8. The lowest BCUT2D eigenvalue weighted by Gasteiger charge is -2.62. The van der Waals surface area contributed by atoms with Crippen LogP contribution in [0, 0.1) is 32.7 Å². The Kier molecular flexibility index (Phi) is 7.78. The van der Waals surface area contributed by atoms with Gasteiger partial charge in [0.15, 0.2) is 0 Å². The summed E-state index contributed by atoms with van der Waals surface area (Å²) in [5, 5.41) is 26.0. The highest BCUT2D eigenvalue weighted by molar-refractivity contribution is 14.1. The van der Waals surface area contributed by atoms with Crippen LogP contribution in [-0.4, -0.2) is 59.2 Å². The standard InChI is InChI=1S/C25H36ClIN2O5/c1-12-16-8-15(25(16,3)4)9-18(12)28-24(32)22-20(13(2)31)19(11-30)34-29(22)10-14-6-7-17(26)21(27)23(14)33-5/h6-7,12-13,15-16,18-20,22,30-31H,8-11H2,1-5H3,(H,28,32)/t12-,13-,15-,16+,18-,19-,20+,22?/m0/s1. The van der Waals surface area contributed by atoms with Crippen molar-refractivity contribution in [3.8, 4) is 5.75 Å². The molecule has 190 valence electrons. The zero-order valence-corrected chi connectivity index (χ0v) is 23.3. The maximum atomic E-state index is 13.7. The summed E-state index contributed by atoms with van der Waals surface area (Å²) in [5.74, 6) is 1.50. The van der Waals surface area contributed by atoms with Gasteiger partial charge in [-0.15, -0.1) is 0 Å². The predicted molar refractivity (Wildman–Crippen MR) is 138 cm³/mol. The molecule has 7 nitrogen and oxygen atoms in total. The molecule has 1 amide bonds. The first kappa shape index (κ1) is 26.4. The molecule has 3 saturated carbocycles. The Hall–Kier alpha value is -0.650. The van der Waals surface area contributed by atoms with Crippen molar-refractivity contribution in [2.45, 2.75) is 71.4 Å². The molecule has 1 aromatic carbocycles. The van der Waals surface area contributed by atoms with Gasteiger partial charge in [0.05, 0.1) is 35.0 Å². The molecule has 5 rings (SSSR count). The van der Waals surface area contributed by atoms with Crippen molar-refractivity contribution >= 4 is 40.1 Å². The fraction of sp³-hybridized carbons (Fsp3) is 0.720. The molecule has 1 unspecified atom stereocenters. The molecule has 0 spiro atoms. The minimum absolute atomic E-state index is 0.0972. The number of amides is 1. The van der Waals surface area contributed by atoms with Gasteiger partial charge < -0.3 is 20.3 Å². The molecule has 4 aliphatic rings. The average Bonchev–Trinajstić information content (AvgIpc) is 3.16. The first-order valence-corrected chi connectivity index (χ1v) is 13.5. The van der Waals surface area contributed by atoms with E-state index in [-0.39, 0.29) is 25.1 Å². The number of carbonyl (C=O) groups excluding carboxylic acids is 1. The number of carbonyl (C=O) groups is 1. The molecule has 0 radical (unpaired) electrons. The number of hydroxylamine groups is 2. The normalized spacial score (nSPS) is 35.5. The Morgan fingerprint density at radius 2 is 2.12 bits per heavy atom. The molecule has 3 N–H and O–H groups in total. The lowest BCUT2D eigenvalue weighted by Crippen LogP contribution is -2.62. The number of aliphatic hydroxyl groups excluding tert-OH is 2. The van der Waals surface area contributed by atoms with Crippen LogP contribution in [0.4, 0.5) is 0 Å². The van der Waals surface area contributed by atoms with E-state index in [4.69, 9.17) is 21.2 Å². The Morgan fingerprint density at radius 1 is 1.41 bits per heavy atom. The van der Waals surface area contributed by atoms with Gasteiger partial charge >= 0.3 is 0 Å². The minimum atomic E-state index is -0.832. The van der Waals surface area contributed by atoms with Crippen LogP contribution >= 0.6 is 34.2 Å². The van der Waals surface area contributed by atoms with Crippen LogP contribution in [0.25, 0.3) is 0 Å². The number of ether oxygens (including phenoxy) is 1. The second-order valence-corrected chi connectivity index (χ2v) is 12.3. The summed E-state index contributed by atoms with van der Waals surface area (Å²) < 4.78 is 6.37. The maximum Gasteiger partial charge on any atom is 0.240 e. The highest BCUT2D eigenvalue weighted by Crippen LogP contribution is 2.61. The van der Waals surface area contributed by atoms with Crippen molar-refractivity contribution in [1.29, 1.82) is 0 Å². The molecule has 9 heteroatoms. The van der Waals surface area contributed by atoms with Gasteiger partial charge in [-0.1, -0.05) is 38.4 Å². The number of rotatable bonds is 7. The molecule has 34 heavy (non-hydrogen) atoms. The summed E-state index contributed by atoms with van der Waals surface area (Å²) in [5.41, 5.74) is 1.14. The van der Waals surface area contributed by atoms with Crippen LogP contribution < -0.4 is 10.1 Å². The van der Waals surface area contributed by atoms with Crippen molar-refractivity contribution < 1.29 is 24.6 Å². The van der Waals surface area contributed by atoms with Crippen LogP contribution in [0.1, 0.15) is 46.1 Å². The lowest BCUT2D eigenvalue weighted by atomic mass is 9.45. The largest absolute Gasteiger partial charge is 0.495 e. The van der Waals surface area contributed by atoms with E-state index in [0.29, 0.717) is 33.9 Å². The molecular weight excluding hydrogens is 571 g/mol. The van der Waals surface area contributed by atoms with Crippen molar-refractivity contribution in [2.75, 3.05) is 13.7 Å². The van der Waals surface area contributed by atoms with Crippen molar-refractivity contribution in [3.63, 3.8) is 0 Å². The van der Waals surface area contributed by atoms with E-state index in [1.54, 1.807) is 25.2 Å². The van der Waals surface area contributed by atoms with Crippen LogP contribution in [-0.2, 0) is 16.2 Å². The number of halogens is 2. The molecule has 1 aromatic rings. The zero-order chi connectivity index (χ0) is 24.9. The average molecular weight is 607 g/mol. The van der Waals surface area contributed by atoms with E-state index in [2.05, 4.69) is 48.7 Å². The smallest absolute Gasteiger partial charge is 0.240 e. The zero-order valence-electron chi connectivity index (χ0n) is 20.4. The first-order valence-electron chi connectivity index (χ1n) is 12.0. The molecule has 3 aliphatic carbocycles. The highest BCUT2D eigenvalue weighted by Gasteiger charge is 2.57. The molecule has 1 aliphatic heterocycles. The highest BCUT2D eigenvalue weighted by atomic mass is 127. The molecule has 8 atom stereocenters. The van der Waals surface area contributed by atoms with Crippen LogP contribution in [0.5, 0.6) is 5.75 Å². The third-order valence-electron chi connectivity index (χ3n) is 8.72. The SMILES string of the molecule is COc1c(CN2O[C@@H](CO)[C@@H]([C@H](C)O)C2C(=O)N[C@H]2C[C@@H]3C[C@H]([C@@H]2C)C3(C)C)ccc(Cl)c1I. The van der Waals surface area contributed by atoms with Crippen LogP contribution in [0.15, 0.2) is 12.1 Å². The van der Waals surface area contributed by atoms with Gasteiger partial charge in [-0.3, -0.25) is 9.63 Å². The Balaban J connectivity index is 1.58. The second kappa shape index (κ2) is 10.0. The number of nitrogens with zero attached hydrogens (tertiary/aromatic N) is 1. The van der Waals surface area contributed by atoms with Crippen LogP contribution in [0.2, 0.25) is 5.02 Å². The lowest BCUT2D eigenvalue weighted by molar-refractivity contribution is -0.183. The Bertz CT molecular complexity index is 929. The molecule has 1 heterocycles. The van der Waals surface area contributed by atoms with Gasteiger partial charge in [0.25, 0.3) is 0 Å². The molecular formula is C25H36ClIN2O5. The summed E-state index contributed by atoms with van der Waals surface area (Å²) in [6.07, 6.45) is 0.693. The number of nitrogens with one attached hydrogen (secondary N) is 1. The minimum Gasteiger partial charge on any atom is -0.495 e. The van der Waals surface area contributed by atoms with Gasteiger partial charge in [0.2, 0.25) is 5.91 Å². The molecule has 1 saturated heterocycles. The van der Waals surface area contributed by atoms with Crippen molar-refractivity contribution in [2.24, 2.45) is 29.1 Å². The number of fused-ring (bicyclic) bond motifs is 2. The third kappa shape index (κ3) is 4.47. The fourth-order valence-electron chi connectivity index (χ4n) is 6.57. The van der Waals surface area contributed by atoms with Gasteiger partial charge in [0, 0.05) is 17.5 Å². The van der Waals surface area contributed by atoms with E-state index in [1.165, 1.54) is 6.42 Å². The second-order valence-electron chi connectivity index (χ2n) is 10.8. The summed E-state index contributed by atoms with van der Waals surface area (Å²) >= 11 is 8.40. The quantitative estimate of drug-likeness (QED) is 0.411. The molecule has 2 bridgehead atoms. The summed E-state index contributed by atoms with van der Waals surface area (Å²) in [6, 6.07) is 3.00. The van der Waals surface area contributed by atoms with Gasteiger partial charge in [-0.25, -0.2) is 0 Å². The number of hydrogen-bond donors (Lipinski definition) is 3. The van der Waals surface area contributed by atoms with Gasteiger partial charge in [-0.05, 0) is 71.6 Å². The van der Waals surface area contributed by atoms with E-state index in [1.807, 2.05) is 6.07 Å². The number of hydrogen-bond acceptors (Lipinski definition) is 6. The van der Waals surface area contributed by atoms with E-state index >= 15 is 0 Å². The summed E-state index contributed by atoms with van der Waals surface area (Å²) in [6.45, 7) is 8.52. The van der Waals surface area contributed by atoms with Crippen molar-refractivity contribution in [3.05, 3.63) is 26.3 Å². The monoisotopic (exact) mass is 606 g/mol. The third-order valence-corrected chi connectivity index (χ3v) is 10.4. The maximum absolute atomic E-state index is 13.7. The Labute approximate surface area is 220 Å². The van der Waals surface area contributed by atoms with Crippen LogP contribution in [0.3, 0.4) is 0 Å². The Morgan fingerprint density at radius 3 is 2.68 bits per heavy atom. The van der Waals surface area contributed by atoms with E-state index in [9.17, 15) is 15.0 Å². The van der Waals surface area contributed by atoms with E-state index < -0.39 is 24.2 Å². The number of aliphatic hydroxyl groups is 2. The van der Waals surface area contributed by atoms with Crippen molar-refractivity contribution in [1.82, 2.24) is 10.4 Å². The predicted octanol–water partition coefficient (Wildman–Crippen LogP) is 3.61. The topological polar surface area (TPSA) is 91.3 Å². The van der Waals surface area contributed by atoms with Gasteiger partial charge in [-0.2, -0.15) is 5.06 Å². The van der Waals surface area contributed by atoms with E-state index in [0.717, 1.165) is 15.6 Å². The first-order chi connectivity index (χ1) is 16.0. The van der Waals surface area contributed by atoms with Gasteiger partial charge in [0.1, 0.15) is 17.9 Å². The summed E-state index contributed by atoms with van der Waals surface area (Å²) in [7, 11) is 1.58. The molecule has 4 fully saturated rings.